The highest BCUT2D eigenvalue weighted by Crippen LogP contribution is 2.32. The molecule has 0 bridgehead atoms. The van der Waals surface area contributed by atoms with Gasteiger partial charge in [-0.25, -0.2) is 14.8 Å². The number of fused-ring (bicyclic) bond motifs is 2. The van der Waals surface area contributed by atoms with Crippen LogP contribution in [0.2, 0.25) is 0 Å². The molecule has 3 N–H and O–H groups in total. The molecule has 9 rings (SSSR count). The topological polar surface area (TPSA) is 177 Å². The summed E-state index contributed by atoms with van der Waals surface area (Å²) >= 11 is 0. The van der Waals surface area contributed by atoms with E-state index < -0.39 is 29.7 Å². The van der Waals surface area contributed by atoms with Gasteiger partial charge in [0.25, 0.3) is 11.8 Å². The first kappa shape index (κ1) is 41.0. The van der Waals surface area contributed by atoms with Gasteiger partial charge in [0.1, 0.15) is 6.04 Å². The van der Waals surface area contributed by atoms with E-state index in [1.165, 1.54) is 12.1 Å². The smallest absolute Gasteiger partial charge is 0.322 e. The lowest BCUT2D eigenvalue weighted by atomic mass is 9.90. The van der Waals surface area contributed by atoms with E-state index in [1.807, 2.05) is 90.0 Å². The molecule has 7 amide bonds. The third kappa shape index (κ3) is 8.85. The molecule has 4 heterocycles. The van der Waals surface area contributed by atoms with Crippen LogP contribution in [-0.4, -0.2) is 99.6 Å². The number of hydrogen-bond acceptors (Lipinski definition) is 10. The van der Waals surface area contributed by atoms with Gasteiger partial charge in [-0.1, -0.05) is 54.6 Å². The fourth-order valence-electron chi connectivity index (χ4n) is 8.93. The fourth-order valence-corrected chi connectivity index (χ4v) is 8.93. The van der Waals surface area contributed by atoms with E-state index >= 15 is 0 Å². The van der Waals surface area contributed by atoms with Crippen LogP contribution in [0.1, 0.15) is 70.4 Å². The monoisotopic (exact) mass is 845 g/mol. The quantitative estimate of drug-likeness (QED) is 0.120. The number of nitrogens with one attached hydrogen (secondary N) is 3. The predicted octanol–water partition coefficient (Wildman–Crippen LogP) is 5.53. The van der Waals surface area contributed by atoms with Crippen LogP contribution in [0.3, 0.4) is 0 Å². The Morgan fingerprint density at radius 1 is 0.794 bits per heavy atom. The molecule has 5 aromatic rings. The van der Waals surface area contributed by atoms with E-state index in [9.17, 15) is 28.8 Å². The second kappa shape index (κ2) is 17.9. The van der Waals surface area contributed by atoms with Crippen molar-refractivity contribution in [2.45, 2.75) is 63.2 Å². The fraction of sp³-hybridized carbons (Fsp3) is 0.292. The minimum atomic E-state index is -1.05. The molecule has 15 nitrogen and oxygen atoms in total. The maximum absolute atomic E-state index is 14.0. The Morgan fingerprint density at radius 3 is 2.29 bits per heavy atom. The maximum Gasteiger partial charge on any atom is 0.322 e. The second-order valence-corrected chi connectivity index (χ2v) is 16.3. The molecule has 2 saturated heterocycles. The number of benzene rings is 4. The Morgan fingerprint density at radius 2 is 1.52 bits per heavy atom. The van der Waals surface area contributed by atoms with Gasteiger partial charge < -0.3 is 20.4 Å². The van der Waals surface area contributed by atoms with Crippen LogP contribution in [0.4, 0.5) is 22.1 Å². The predicted molar refractivity (Wildman–Crippen MR) is 238 cm³/mol. The highest BCUT2D eigenvalue weighted by Gasteiger charge is 2.44. The first-order valence-electron chi connectivity index (χ1n) is 21.5. The van der Waals surface area contributed by atoms with Gasteiger partial charge >= 0.3 is 6.03 Å². The molecule has 1 atom stereocenters. The van der Waals surface area contributed by atoms with Crippen molar-refractivity contribution in [2.75, 3.05) is 41.3 Å². The van der Waals surface area contributed by atoms with E-state index in [1.54, 1.807) is 23.1 Å². The Balaban J connectivity index is 0.811. The number of carbonyl (C=O) groups excluding carboxylic acids is 6. The van der Waals surface area contributed by atoms with Crippen molar-refractivity contribution in [1.82, 2.24) is 30.4 Å². The van der Waals surface area contributed by atoms with Crippen LogP contribution in [0, 0.1) is 0 Å². The highest BCUT2D eigenvalue weighted by atomic mass is 16.2. The first-order chi connectivity index (χ1) is 30.7. The van der Waals surface area contributed by atoms with Gasteiger partial charge in [0, 0.05) is 80.3 Å². The van der Waals surface area contributed by atoms with Crippen molar-refractivity contribution < 1.29 is 28.8 Å². The molecule has 63 heavy (non-hydrogen) atoms. The third-order valence-electron chi connectivity index (χ3n) is 12.4. The van der Waals surface area contributed by atoms with Gasteiger partial charge in [-0.2, -0.15) is 0 Å². The molecule has 0 radical (unpaired) electrons. The molecule has 15 heteroatoms. The summed E-state index contributed by atoms with van der Waals surface area (Å²) in [6.07, 6.45) is 8.38. The van der Waals surface area contributed by atoms with Crippen molar-refractivity contribution in [2.24, 2.45) is 0 Å². The number of urea groups is 1. The number of imide groups is 2. The number of piperazine rings is 1. The van der Waals surface area contributed by atoms with Gasteiger partial charge in [0.05, 0.1) is 16.6 Å². The van der Waals surface area contributed by atoms with E-state index in [-0.39, 0.29) is 48.0 Å². The minimum absolute atomic E-state index is 0.00267. The summed E-state index contributed by atoms with van der Waals surface area (Å²) in [5, 5.41) is 9.87. The Labute approximate surface area is 364 Å². The van der Waals surface area contributed by atoms with Gasteiger partial charge in [-0.15, -0.1) is 0 Å². The van der Waals surface area contributed by atoms with Crippen LogP contribution in [-0.2, 0) is 20.9 Å². The molecule has 3 aliphatic heterocycles. The summed E-state index contributed by atoms with van der Waals surface area (Å²) in [5.74, 6) is -1.84. The Kier molecular flexibility index (Phi) is 11.6. The zero-order valence-corrected chi connectivity index (χ0v) is 34.6. The standard InChI is InChI=1S/C48H47N9O6/c58-42-22-21-41(44(60)53-42)57-45(61)38-20-10-31(28-39(38)46(57)62)11-23-43(59)55-26-24-54(25-27-55)35-16-18-37(19-17-35)56(48(63)50-29-32-6-2-1-3-7-32)36-14-12-34(13-15-36)51-47-49-30-33-8-4-5-9-40(33)52-47/h1-11,16-20,23,28,30,34,36,41H,12-15,21-22,24-27,29H2,(H,50,63)(H,49,51,52)(H,53,58,60)/b23-11+. The number of nitrogens with zero attached hydrogens (tertiary/aromatic N) is 6. The molecule has 0 spiro atoms. The molecule has 3 fully saturated rings. The number of para-hydroxylation sites is 1. The van der Waals surface area contributed by atoms with Gasteiger partial charge in [0.2, 0.25) is 23.7 Å². The number of anilines is 3. The van der Waals surface area contributed by atoms with Crippen LogP contribution < -0.4 is 25.8 Å². The number of aromatic nitrogens is 2. The van der Waals surface area contributed by atoms with Crippen LogP contribution in [0.25, 0.3) is 17.0 Å². The molecule has 1 unspecified atom stereocenters. The molecular weight excluding hydrogens is 799 g/mol. The zero-order valence-electron chi connectivity index (χ0n) is 34.6. The van der Waals surface area contributed by atoms with Crippen LogP contribution in [0.5, 0.6) is 0 Å². The SMILES string of the molecule is O=C1CCC(N2C(=O)c3ccc(/C=C/C(=O)N4CCN(c5ccc(N(C(=O)NCc6ccccc6)C6CCC(Nc7ncc8ccccc8n7)CC6)cc5)CC4)cc3C2=O)C(=O)N1. The summed E-state index contributed by atoms with van der Waals surface area (Å²) in [6, 6.07) is 29.6. The van der Waals surface area contributed by atoms with E-state index in [2.05, 4.69) is 25.8 Å². The summed E-state index contributed by atoms with van der Waals surface area (Å²) in [5.41, 5.74) is 4.64. The second-order valence-electron chi connectivity index (χ2n) is 16.3. The lowest BCUT2D eigenvalue weighted by Gasteiger charge is -2.38. The Hall–Kier alpha value is -7.42. The number of piperidine rings is 1. The molecule has 1 saturated carbocycles. The normalized spacial score (nSPS) is 20.2. The highest BCUT2D eigenvalue weighted by molar-refractivity contribution is 6.23. The molecule has 1 aliphatic carbocycles. The number of amides is 7. The minimum Gasteiger partial charge on any atom is -0.368 e. The molecule has 4 aromatic carbocycles. The summed E-state index contributed by atoms with van der Waals surface area (Å²) < 4.78 is 0. The maximum atomic E-state index is 14.0. The summed E-state index contributed by atoms with van der Waals surface area (Å²) in [4.78, 5) is 93.7. The van der Waals surface area contributed by atoms with E-state index in [0.29, 0.717) is 44.2 Å². The van der Waals surface area contributed by atoms with Gasteiger partial charge in [-0.3, -0.25) is 39.1 Å². The lowest BCUT2D eigenvalue weighted by Crippen LogP contribution is -2.54. The van der Waals surface area contributed by atoms with Crippen LogP contribution >= 0.6 is 0 Å². The van der Waals surface area contributed by atoms with E-state index in [4.69, 9.17) is 4.98 Å². The molecule has 1 aromatic heterocycles. The average molecular weight is 846 g/mol. The third-order valence-corrected chi connectivity index (χ3v) is 12.4. The van der Waals surface area contributed by atoms with Crippen molar-refractivity contribution in [3.63, 3.8) is 0 Å². The van der Waals surface area contributed by atoms with Crippen molar-refractivity contribution >= 4 is 69.9 Å². The average Bonchev–Trinajstić information content (AvgIpc) is 3.56. The number of carbonyl (C=O) groups is 6. The molecule has 4 aliphatic rings. The zero-order chi connectivity index (χ0) is 43.5. The largest absolute Gasteiger partial charge is 0.368 e. The van der Waals surface area contributed by atoms with E-state index in [0.717, 1.165) is 58.4 Å². The number of hydrogen-bond donors (Lipinski definition) is 3. The molecular formula is C48H47N9O6. The van der Waals surface area contributed by atoms with Crippen molar-refractivity contribution in [3.8, 4) is 0 Å². The summed E-state index contributed by atoms with van der Waals surface area (Å²) in [6.45, 7) is 2.65. The van der Waals surface area contributed by atoms with Gasteiger partial charge in [-0.05, 0) is 91.8 Å². The summed E-state index contributed by atoms with van der Waals surface area (Å²) in [7, 11) is 0. The van der Waals surface area contributed by atoms with Gasteiger partial charge in [0.15, 0.2) is 0 Å². The molecule has 320 valence electrons. The first-order valence-corrected chi connectivity index (χ1v) is 21.5. The van der Waals surface area contributed by atoms with Crippen molar-refractivity contribution in [3.05, 3.63) is 132 Å². The lowest BCUT2D eigenvalue weighted by molar-refractivity contribution is -0.136. The van der Waals surface area contributed by atoms with Crippen molar-refractivity contribution in [1.29, 1.82) is 0 Å². The van der Waals surface area contributed by atoms with Crippen LogP contribution in [0.15, 0.2) is 109 Å². The number of rotatable bonds is 10. The Bertz CT molecular complexity index is 2600.